The number of nitrogens with one attached hydrogen (secondary N) is 1. The van der Waals surface area contributed by atoms with Crippen molar-refractivity contribution in [3.63, 3.8) is 0 Å². The van der Waals surface area contributed by atoms with E-state index in [1.54, 1.807) is 0 Å². The smallest absolute Gasteiger partial charge is 0.227 e. The number of hydrogen-bond acceptors (Lipinski definition) is 5. The Morgan fingerprint density at radius 3 is 2.86 bits per heavy atom. The summed E-state index contributed by atoms with van der Waals surface area (Å²) in [5, 5.41) is 15.4. The van der Waals surface area contributed by atoms with Crippen molar-refractivity contribution in [2.75, 3.05) is 18.4 Å². The molecule has 1 aliphatic rings. The number of benzene rings is 2. The highest BCUT2D eigenvalue weighted by Gasteiger charge is 2.20. The molecule has 7 heteroatoms. The lowest BCUT2D eigenvalue weighted by Crippen LogP contribution is -2.25. The Labute approximate surface area is 169 Å². The lowest BCUT2D eigenvalue weighted by molar-refractivity contribution is 0.348. The Hall–Kier alpha value is -2.44. The zero-order chi connectivity index (χ0) is 19.3. The molecule has 0 amide bonds. The summed E-state index contributed by atoms with van der Waals surface area (Å²) in [6, 6.07) is 14.7. The van der Waals surface area contributed by atoms with E-state index in [2.05, 4.69) is 62.6 Å². The summed E-state index contributed by atoms with van der Waals surface area (Å²) in [4.78, 5) is 9.12. The molecule has 5 nitrogen and oxygen atoms in total. The van der Waals surface area contributed by atoms with Gasteiger partial charge in [0.25, 0.3) is 0 Å². The third-order valence-corrected chi connectivity index (χ3v) is 5.88. The second-order valence-electron chi connectivity index (χ2n) is 6.94. The predicted octanol–water partition coefficient (Wildman–Crippen LogP) is 3.87. The summed E-state index contributed by atoms with van der Waals surface area (Å²) in [6.07, 6.45) is 4.01. The summed E-state index contributed by atoms with van der Waals surface area (Å²) in [5.41, 5.74) is 4.44. The Morgan fingerprint density at radius 1 is 1.21 bits per heavy atom. The van der Waals surface area contributed by atoms with Gasteiger partial charge in [0.2, 0.25) is 5.95 Å². The maximum Gasteiger partial charge on any atom is 0.227 e. The van der Waals surface area contributed by atoms with E-state index in [0.29, 0.717) is 11.9 Å². The molecule has 141 valence electrons. The summed E-state index contributed by atoms with van der Waals surface area (Å²) in [7, 11) is 2.07. The number of fused-ring (bicyclic) bond motifs is 1. The number of aromatic nitrogens is 2. The molecule has 0 unspecified atom stereocenters. The van der Waals surface area contributed by atoms with Gasteiger partial charge in [0.15, 0.2) is 0 Å². The van der Waals surface area contributed by atoms with Crippen LogP contribution in [0.15, 0.2) is 48.7 Å². The number of hydrogen-bond donors (Lipinski definition) is 2. The molecule has 2 N–H and O–H groups in total. The molecule has 0 aliphatic carbocycles. The summed E-state index contributed by atoms with van der Waals surface area (Å²) >= 11 is 1.27. The first-order valence-corrected chi connectivity index (χ1v) is 10.3. The molecule has 0 spiro atoms. The van der Waals surface area contributed by atoms with Crippen molar-refractivity contribution in [1.29, 1.82) is 0 Å². The van der Waals surface area contributed by atoms with Gasteiger partial charge in [0, 0.05) is 30.4 Å². The Bertz CT molecular complexity index is 1040. The fourth-order valence-electron chi connectivity index (χ4n) is 3.63. The number of aliphatic hydroxyl groups excluding tert-OH is 1. The average Bonchev–Trinajstić information content (AvgIpc) is 2.74. The lowest BCUT2D eigenvalue weighted by Gasteiger charge is -2.28. The average molecular weight is 389 g/mol. The van der Waals surface area contributed by atoms with Crippen LogP contribution in [0.4, 0.5) is 11.6 Å². The maximum absolute atomic E-state index is 8.82. The van der Waals surface area contributed by atoms with Gasteiger partial charge in [0.05, 0.1) is 10.9 Å². The second kappa shape index (κ2) is 8.71. The van der Waals surface area contributed by atoms with Gasteiger partial charge in [-0.3, -0.25) is 0 Å². The molecule has 0 saturated carbocycles. The predicted molar refractivity (Wildman–Crippen MR) is 117 cm³/mol. The highest BCUT2D eigenvalue weighted by atomic mass is 32.1. The van der Waals surface area contributed by atoms with Crippen molar-refractivity contribution >= 4 is 46.6 Å². The molecular formula is C21H22BN4OS. The van der Waals surface area contributed by atoms with E-state index in [0.717, 1.165) is 42.5 Å². The van der Waals surface area contributed by atoms with Crippen LogP contribution in [0.5, 0.6) is 0 Å². The zero-order valence-electron chi connectivity index (χ0n) is 15.8. The van der Waals surface area contributed by atoms with Gasteiger partial charge in [-0.25, -0.2) is 14.3 Å². The molecule has 1 fully saturated rings. The van der Waals surface area contributed by atoms with Crippen LogP contribution in [-0.4, -0.2) is 39.7 Å². The molecule has 28 heavy (non-hydrogen) atoms. The van der Waals surface area contributed by atoms with Crippen molar-refractivity contribution in [3.8, 4) is 5.37 Å². The molecule has 3 aromatic rings. The van der Waals surface area contributed by atoms with Crippen LogP contribution in [0.2, 0.25) is 6.82 Å². The van der Waals surface area contributed by atoms with Gasteiger partial charge >= 0.3 is 0 Å². The van der Waals surface area contributed by atoms with Crippen LogP contribution < -0.4 is 10.8 Å². The number of nitrogens with zero attached hydrogens (tertiary/aromatic N) is 3. The van der Waals surface area contributed by atoms with Gasteiger partial charge in [-0.15, -0.1) is 0 Å². The topological polar surface area (TPSA) is 61.3 Å². The Morgan fingerprint density at radius 2 is 2.07 bits per heavy atom. The lowest BCUT2D eigenvalue weighted by atomic mass is 9.73. The fraction of sp³-hybridized carbons (Fsp3) is 0.286. The van der Waals surface area contributed by atoms with Gasteiger partial charge < -0.3 is 10.4 Å². The van der Waals surface area contributed by atoms with E-state index >= 15 is 0 Å². The third kappa shape index (κ3) is 4.34. The van der Waals surface area contributed by atoms with Crippen LogP contribution in [0.3, 0.4) is 0 Å². The highest BCUT2D eigenvalue weighted by molar-refractivity contribution is 7.86. The minimum absolute atomic E-state index is 0.526. The standard InChI is InChI=1S/C21H22BN4OS/c1-22-18-5-6-20-17(11-18)13-23-21(25-20)24-19-4-2-3-16(12-19)15-7-9-26(10-8-15)28-14-27/h2-6,11-13,15,27H,7-10H2,1H3,(H,23,24,25). The van der Waals surface area contributed by atoms with Crippen LogP contribution in [0.1, 0.15) is 24.3 Å². The minimum atomic E-state index is 0.526. The summed E-state index contributed by atoms with van der Waals surface area (Å²) in [6.45, 7) is 3.92. The van der Waals surface area contributed by atoms with Crippen LogP contribution >= 0.6 is 11.4 Å². The number of anilines is 2. The van der Waals surface area contributed by atoms with E-state index in [9.17, 15) is 0 Å². The fourth-order valence-corrected chi connectivity index (χ4v) is 4.14. The largest absolute Gasteiger partial charge is 0.324 e. The second-order valence-corrected chi connectivity index (χ2v) is 7.82. The molecule has 2 heterocycles. The summed E-state index contributed by atoms with van der Waals surface area (Å²) < 4.78 is 2.14. The van der Waals surface area contributed by atoms with E-state index in [1.165, 1.54) is 22.4 Å². The molecule has 1 saturated heterocycles. The van der Waals surface area contributed by atoms with E-state index in [1.807, 2.05) is 25.2 Å². The number of rotatable bonds is 4. The zero-order valence-corrected chi connectivity index (χ0v) is 16.6. The van der Waals surface area contributed by atoms with Crippen LogP contribution in [-0.2, 0) is 0 Å². The van der Waals surface area contributed by atoms with Crippen molar-refractivity contribution in [3.05, 3.63) is 54.2 Å². The van der Waals surface area contributed by atoms with Crippen molar-refractivity contribution in [2.45, 2.75) is 25.6 Å². The number of aliphatic hydroxyl groups is 1. The molecule has 1 aromatic heterocycles. The maximum atomic E-state index is 8.82. The first kappa shape index (κ1) is 18.9. The molecule has 1 radical (unpaired) electrons. The summed E-state index contributed by atoms with van der Waals surface area (Å²) in [5.74, 6) is 1.14. The van der Waals surface area contributed by atoms with Gasteiger partial charge in [-0.1, -0.05) is 36.6 Å². The van der Waals surface area contributed by atoms with Crippen molar-refractivity contribution in [2.24, 2.45) is 0 Å². The van der Waals surface area contributed by atoms with Crippen molar-refractivity contribution in [1.82, 2.24) is 14.3 Å². The molecule has 0 atom stereocenters. The quantitative estimate of drug-likeness (QED) is 0.524. The van der Waals surface area contributed by atoms with Gasteiger partial charge in [-0.2, -0.15) is 0 Å². The molecule has 4 rings (SSSR count). The van der Waals surface area contributed by atoms with E-state index in [4.69, 9.17) is 5.11 Å². The Kier molecular flexibility index (Phi) is 5.88. The number of piperidine rings is 1. The first-order chi connectivity index (χ1) is 13.7. The van der Waals surface area contributed by atoms with E-state index < -0.39 is 0 Å². The van der Waals surface area contributed by atoms with Crippen LogP contribution in [0, 0.1) is 5.37 Å². The SMILES string of the molecule is C[B]c1ccc2nc(Nc3cccc(C4CCN(S#CO)CC4)c3)ncc2c1. The van der Waals surface area contributed by atoms with Gasteiger partial charge in [-0.05, 0) is 53.9 Å². The molecule has 2 aromatic carbocycles. The first-order valence-electron chi connectivity index (χ1n) is 9.49. The molecule has 1 aliphatic heterocycles. The molecule has 0 bridgehead atoms. The van der Waals surface area contributed by atoms with Crippen molar-refractivity contribution < 1.29 is 5.11 Å². The monoisotopic (exact) mass is 389 g/mol. The Balaban J connectivity index is 1.49. The molecular weight excluding hydrogens is 367 g/mol. The normalized spacial score (nSPS) is 15.2. The van der Waals surface area contributed by atoms with Gasteiger partial charge in [0.1, 0.15) is 7.28 Å². The highest BCUT2D eigenvalue weighted by Crippen LogP contribution is 2.30. The van der Waals surface area contributed by atoms with Crippen LogP contribution in [0.25, 0.3) is 10.9 Å². The minimum Gasteiger partial charge on any atom is -0.324 e. The van der Waals surface area contributed by atoms with E-state index in [-0.39, 0.29) is 0 Å². The third-order valence-electron chi connectivity index (χ3n) is 5.18.